The summed E-state index contributed by atoms with van der Waals surface area (Å²) in [6.07, 6.45) is 1.65. The van der Waals surface area contributed by atoms with Crippen LogP contribution in [0.1, 0.15) is 22.8 Å². The van der Waals surface area contributed by atoms with Crippen molar-refractivity contribution < 1.29 is 4.79 Å². The number of anilines is 2. The Balaban J connectivity index is 2.34. The monoisotopic (exact) mass is 271 g/mol. The molecule has 1 heterocycles. The van der Waals surface area contributed by atoms with E-state index in [1.165, 1.54) is 6.92 Å². The van der Waals surface area contributed by atoms with E-state index in [0.717, 1.165) is 5.69 Å². The Hall–Kier alpha value is -2.27. The molecule has 96 valence electrons. The van der Waals surface area contributed by atoms with Gasteiger partial charge in [0.1, 0.15) is 10.8 Å². The van der Waals surface area contributed by atoms with Crippen LogP contribution in [0.5, 0.6) is 0 Å². The minimum Gasteiger partial charge on any atom is -0.389 e. The predicted octanol–water partition coefficient (Wildman–Crippen LogP) is 2.66. The summed E-state index contributed by atoms with van der Waals surface area (Å²) in [4.78, 5) is 15.8. The number of nitrogens with two attached hydrogens (primary N) is 1. The van der Waals surface area contributed by atoms with Crippen LogP contribution in [0.25, 0.3) is 0 Å². The minimum atomic E-state index is 0.0132. The molecule has 0 saturated carbocycles. The third-order valence-electron chi connectivity index (χ3n) is 2.61. The van der Waals surface area contributed by atoms with Gasteiger partial charge in [-0.25, -0.2) is 4.98 Å². The number of pyridine rings is 1. The van der Waals surface area contributed by atoms with E-state index >= 15 is 0 Å². The average Bonchev–Trinajstić information content (AvgIpc) is 2.39. The Morgan fingerprint density at radius 2 is 2.11 bits per heavy atom. The fraction of sp³-hybridized carbons (Fsp3) is 0.0714. The molecule has 0 bridgehead atoms. The van der Waals surface area contributed by atoms with E-state index < -0.39 is 0 Å². The fourth-order valence-corrected chi connectivity index (χ4v) is 1.82. The summed E-state index contributed by atoms with van der Waals surface area (Å²) in [6.45, 7) is 1.53. The third-order valence-corrected chi connectivity index (χ3v) is 2.82. The lowest BCUT2D eigenvalue weighted by molar-refractivity contribution is 0.101. The molecule has 2 aromatic rings. The molecule has 0 aliphatic rings. The van der Waals surface area contributed by atoms with Gasteiger partial charge in [0.05, 0.1) is 5.56 Å². The summed E-state index contributed by atoms with van der Waals surface area (Å²) >= 11 is 4.98. The molecule has 5 heteroatoms. The topological polar surface area (TPSA) is 68.0 Å². The summed E-state index contributed by atoms with van der Waals surface area (Å²) in [5.41, 5.74) is 7.72. The first kappa shape index (κ1) is 13.2. The Morgan fingerprint density at radius 1 is 1.32 bits per heavy atom. The summed E-state index contributed by atoms with van der Waals surface area (Å²) in [5.74, 6) is 0.593. The maximum Gasteiger partial charge on any atom is 0.159 e. The van der Waals surface area contributed by atoms with Gasteiger partial charge < -0.3 is 11.1 Å². The zero-order chi connectivity index (χ0) is 13.8. The molecule has 0 radical (unpaired) electrons. The molecule has 3 N–H and O–H groups in total. The van der Waals surface area contributed by atoms with E-state index in [1.54, 1.807) is 30.5 Å². The van der Waals surface area contributed by atoms with E-state index in [4.69, 9.17) is 18.0 Å². The molecule has 1 aromatic heterocycles. The third kappa shape index (κ3) is 3.14. The number of hydrogen-bond acceptors (Lipinski definition) is 4. The first-order chi connectivity index (χ1) is 9.08. The van der Waals surface area contributed by atoms with E-state index in [2.05, 4.69) is 10.3 Å². The maximum atomic E-state index is 11.3. The van der Waals surface area contributed by atoms with Gasteiger partial charge in [-0.3, -0.25) is 4.79 Å². The van der Waals surface area contributed by atoms with Gasteiger partial charge in [-0.2, -0.15) is 0 Å². The van der Waals surface area contributed by atoms with Crippen LogP contribution >= 0.6 is 12.2 Å². The molecule has 0 atom stereocenters. The molecule has 0 aliphatic heterocycles. The Bertz CT molecular complexity index is 640. The number of Topliss-reactive ketones (excluding diaryl/α,β-unsaturated/α-hetero) is 1. The van der Waals surface area contributed by atoms with Crippen molar-refractivity contribution >= 4 is 34.5 Å². The smallest absolute Gasteiger partial charge is 0.159 e. The van der Waals surface area contributed by atoms with Crippen LogP contribution in [-0.2, 0) is 0 Å². The highest BCUT2D eigenvalue weighted by molar-refractivity contribution is 7.80. The maximum absolute atomic E-state index is 11.3. The van der Waals surface area contributed by atoms with Crippen LogP contribution < -0.4 is 11.1 Å². The van der Waals surface area contributed by atoms with Crippen LogP contribution in [0.3, 0.4) is 0 Å². The largest absolute Gasteiger partial charge is 0.389 e. The number of nitrogens with zero attached hydrogens (tertiary/aromatic N) is 1. The summed E-state index contributed by atoms with van der Waals surface area (Å²) < 4.78 is 0. The van der Waals surface area contributed by atoms with Crippen LogP contribution in [0.4, 0.5) is 11.5 Å². The molecule has 0 unspecified atom stereocenters. The highest BCUT2D eigenvalue weighted by Crippen LogP contribution is 2.19. The predicted molar refractivity (Wildman–Crippen MR) is 79.9 cm³/mol. The second-order valence-corrected chi connectivity index (χ2v) is 4.47. The lowest BCUT2D eigenvalue weighted by Crippen LogP contribution is -2.12. The number of thiocarbonyl (C=S) groups is 1. The second-order valence-electron chi connectivity index (χ2n) is 4.03. The Kier molecular flexibility index (Phi) is 3.87. The van der Waals surface area contributed by atoms with Crippen molar-refractivity contribution in [3.8, 4) is 0 Å². The van der Waals surface area contributed by atoms with Crippen molar-refractivity contribution in [3.05, 3.63) is 53.7 Å². The van der Waals surface area contributed by atoms with Gasteiger partial charge in [0, 0.05) is 17.4 Å². The zero-order valence-electron chi connectivity index (χ0n) is 10.4. The van der Waals surface area contributed by atoms with Crippen molar-refractivity contribution in [1.82, 2.24) is 4.98 Å². The van der Waals surface area contributed by atoms with E-state index in [1.807, 2.05) is 12.1 Å². The average molecular weight is 271 g/mol. The van der Waals surface area contributed by atoms with Gasteiger partial charge in [-0.15, -0.1) is 0 Å². The van der Waals surface area contributed by atoms with E-state index in [-0.39, 0.29) is 10.8 Å². The number of carbonyl (C=O) groups excluding carboxylic acids is 1. The summed E-state index contributed by atoms with van der Waals surface area (Å²) in [6, 6.07) is 10.8. The number of nitrogens with one attached hydrogen (secondary N) is 1. The Labute approximate surface area is 116 Å². The van der Waals surface area contributed by atoms with Crippen LogP contribution in [0, 0.1) is 0 Å². The van der Waals surface area contributed by atoms with Crippen molar-refractivity contribution in [2.45, 2.75) is 6.92 Å². The number of rotatable bonds is 4. The number of benzene rings is 1. The minimum absolute atomic E-state index is 0.0132. The number of aromatic nitrogens is 1. The molecule has 0 aliphatic carbocycles. The van der Waals surface area contributed by atoms with Crippen molar-refractivity contribution in [1.29, 1.82) is 0 Å². The highest BCUT2D eigenvalue weighted by atomic mass is 32.1. The second kappa shape index (κ2) is 5.58. The van der Waals surface area contributed by atoms with Crippen LogP contribution in [0.15, 0.2) is 42.6 Å². The summed E-state index contributed by atoms with van der Waals surface area (Å²) in [5, 5.41) is 3.12. The molecule has 1 aromatic carbocycles. The summed E-state index contributed by atoms with van der Waals surface area (Å²) in [7, 11) is 0. The van der Waals surface area contributed by atoms with Crippen molar-refractivity contribution in [2.24, 2.45) is 5.73 Å². The molecular weight excluding hydrogens is 258 g/mol. The van der Waals surface area contributed by atoms with Gasteiger partial charge >= 0.3 is 0 Å². The molecule has 19 heavy (non-hydrogen) atoms. The van der Waals surface area contributed by atoms with Gasteiger partial charge in [0.2, 0.25) is 0 Å². The molecule has 0 amide bonds. The molecule has 0 fully saturated rings. The van der Waals surface area contributed by atoms with Gasteiger partial charge in [0.25, 0.3) is 0 Å². The van der Waals surface area contributed by atoms with Crippen molar-refractivity contribution in [3.63, 3.8) is 0 Å². The lowest BCUT2D eigenvalue weighted by atomic mass is 10.1. The van der Waals surface area contributed by atoms with Gasteiger partial charge in [-0.05, 0) is 31.2 Å². The fourth-order valence-electron chi connectivity index (χ4n) is 1.66. The first-order valence-corrected chi connectivity index (χ1v) is 6.11. The lowest BCUT2D eigenvalue weighted by Gasteiger charge is -2.10. The van der Waals surface area contributed by atoms with Crippen molar-refractivity contribution in [2.75, 3.05) is 5.32 Å². The molecule has 2 rings (SSSR count). The SMILES string of the molecule is CC(=O)c1cccc(Nc2ncccc2C(N)=S)c1. The molecule has 0 spiro atoms. The normalized spacial score (nSPS) is 9.95. The number of carbonyl (C=O) groups is 1. The number of ketones is 1. The molecular formula is C14H13N3OS. The number of hydrogen-bond donors (Lipinski definition) is 2. The Morgan fingerprint density at radius 3 is 2.79 bits per heavy atom. The van der Waals surface area contributed by atoms with Gasteiger partial charge in [0.15, 0.2) is 5.78 Å². The highest BCUT2D eigenvalue weighted by Gasteiger charge is 2.07. The van der Waals surface area contributed by atoms with Crippen LogP contribution in [-0.4, -0.2) is 15.8 Å². The quantitative estimate of drug-likeness (QED) is 0.661. The zero-order valence-corrected chi connectivity index (χ0v) is 11.2. The van der Waals surface area contributed by atoms with Gasteiger partial charge in [-0.1, -0.05) is 24.4 Å². The molecule has 0 saturated heterocycles. The van der Waals surface area contributed by atoms with E-state index in [9.17, 15) is 4.79 Å². The standard InChI is InChI=1S/C14H13N3OS/c1-9(18)10-4-2-5-11(8-10)17-14-12(13(15)19)6-3-7-16-14/h2-8H,1H3,(H2,15,19)(H,16,17). The first-order valence-electron chi connectivity index (χ1n) is 5.71. The van der Waals surface area contributed by atoms with Crippen LogP contribution in [0.2, 0.25) is 0 Å². The molecule has 4 nitrogen and oxygen atoms in total. The van der Waals surface area contributed by atoms with E-state index in [0.29, 0.717) is 16.9 Å².